The van der Waals surface area contributed by atoms with Gasteiger partial charge in [-0.15, -0.1) is 0 Å². The first kappa shape index (κ1) is 18.2. The molecule has 1 heterocycles. The van der Waals surface area contributed by atoms with E-state index in [1.54, 1.807) is 0 Å². The summed E-state index contributed by atoms with van der Waals surface area (Å²) in [7, 11) is 1.96. The number of nitrogens with one attached hydrogen (secondary N) is 2. The molecule has 5 nitrogen and oxygen atoms in total. The summed E-state index contributed by atoms with van der Waals surface area (Å²) < 4.78 is 1.91. The van der Waals surface area contributed by atoms with Gasteiger partial charge in [0, 0.05) is 30.1 Å². The summed E-state index contributed by atoms with van der Waals surface area (Å²) >= 11 is 1.87. The Kier molecular flexibility index (Phi) is 6.39. The van der Waals surface area contributed by atoms with E-state index in [0.717, 1.165) is 18.5 Å². The molecule has 2 amide bonds. The molecule has 3 atom stereocenters. The minimum Gasteiger partial charge on any atom is -0.335 e. The lowest BCUT2D eigenvalue weighted by Gasteiger charge is -2.31. The first-order chi connectivity index (χ1) is 10.9. The van der Waals surface area contributed by atoms with Gasteiger partial charge in [0.1, 0.15) is 0 Å². The third kappa shape index (κ3) is 4.66. The zero-order valence-electron chi connectivity index (χ0n) is 15.0. The molecule has 1 aliphatic rings. The lowest BCUT2D eigenvalue weighted by molar-refractivity contribution is 0.230. The Bertz CT molecular complexity index is 543. The van der Waals surface area contributed by atoms with E-state index < -0.39 is 0 Å². The standard InChI is InChI=1S/C17H30N4OS/c1-11(10-14-12(2)20-21(4)13(14)3)18-17(22)19-15-8-6-7-9-16(15)23-5/h11,15-16H,6-10H2,1-5H3,(H2,18,19,22). The van der Waals surface area contributed by atoms with E-state index in [2.05, 4.69) is 35.8 Å². The van der Waals surface area contributed by atoms with Crippen LogP contribution in [0.3, 0.4) is 0 Å². The Balaban J connectivity index is 1.87. The number of amides is 2. The number of thioether (sulfide) groups is 1. The molecule has 0 aliphatic heterocycles. The van der Waals surface area contributed by atoms with E-state index in [1.807, 2.05) is 30.4 Å². The van der Waals surface area contributed by atoms with Crippen LogP contribution in [-0.4, -0.2) is 39.4 Å². The fraction of sp³-hybridized carbons (Fsp3) is 0.765. The lowest BCUT2D eigenvalue weighted by atomic mass is 9.95. The molecular formula is C17H30N4OS. The molecule has 0 bridgehead atoms. The van der Waals surface area contributed by atoms with Crippen LogP contribution < -0.4 is 10.6 Å². The smallest absolute Gasteiger partial charge is 0.315 e. The Hall–Kier alpha value is -1.17. The second kappa shape index (κ2) is 8.08. The minimum absolute atomic E-state index is 0.0392. The number of carbonyl (C=O) groups excluding carboxylic acids is 1. The van der Waals surface area contributed by atoms with Crippen molar-refractivity contribution >= 4 is 17.8 Å². The van der Waals surface area contributed by atoms with Crippen LogP contribution in [0.15, 0.2) is 0 Å². The van der Waals surface area contributed by atoms with Crippen molar-refractivity contribution in [3.05, 3.63) is 17.0 Å². The van der Waals surface area contributed by atoms with Crippen molar-refractivity contribution in [2.45, 2.75) is 70.2 Å². The molecule has 1 fully saturated rings. The third-order valence-electron chi connectivity index (χ3n) is 4.87. The third-order valence-corrected chi connectivity index (χ3v) is 6.04. The maximum Gasteiger partial charge on any atom is 0.315 e. The largest absolute Gasteiger partial charge is 0.335 e. The van der Waals surface area contributed by atoms with Crippen LogP contribution in [0.4, 0.5) is 4.79 Å². The van der Waals surface area contributed by atoms with Crippen molar-refractivity contribution in [1.82, 2.24) is 20.4 Å². The van der Waals surface area contributed by atoms with Crippen molar-refractivity contribution in [1.29, 1.82) is 0 Å². The van der Waals surface area contributed by atoms with Gasteiger partial charge in [0.2, 0.25) is 0 Å². The van der Waals surface area contributed by atoms with Crippen LogP contribution in [0.25, 0.3) is 0 Å². The summed E-state index contributed by atoms with van der Waals surface area (Å²) in [5.41, 5.74) is 3.46. The molecule has 0 spiro atoms. The van der Waals surface area contributed by atoms with Crippen LogP contribution in [0, 0.1) is 13.8 Å². The molecule has 0 radical (unpaired) electrons. The lowest BCUT2D eigenvalue weighted by Crippen LogP contribution is -2.50. The fourth-order valence-corrected chi connectivity index (χ4v) is 4.38. The molecule has 1 saturated carbocycles. The van der Waals surface area contributed by atoms with Gasteiger partial charge in [-0.3, -0.25) is 4.68 Å². The SMILES string of the molecule is CSC1CCCCC1NC(=O)NC(C)Cc1c(C)nn(C)c1C. The monoisotopic (exact) mass is 338 g/mol. The summed E-state index contributed by atoms with van der Waals surface area (Å²) in [6.07, 6.45) is 7.74. The summed E-state index contributed by atoms with van der Waals surface area (Å²) in [6.45, 7) is 6.16. The van der Waals surface area contributed by atoms with Gasteiger partial charge in [0.15, 0.2) is 0 Å². The summed E-state index contributed by atoms with van der Waals surface area (Å²) in [5, 5.41) is 11.3. The molecule has 6 heteroatoms. The predicted octanol–water partition coefficient (Wildman–Crippen LogP) is 2.94. The highest BCUT2D eigenvalue weighted by atomic mass is 32.2. The van der Waals surface area contributed by atoms with Crippen LogP contribution in [0.2, 0.25) is 0 Å². The number of nitrogens with zero attached hydrogens (tertiary/aromatic N) is 2. The highest BCUT2D eigenvalue weighted by Crippen LogP contribution is 2.27. The Morgan fingerprint density at radius 3 is 2.70 bits per heavy atom. The van der Waals surface area contributed by atoms with E-state index in [0.29, 0.717) is 11.3 Å². The number of hydrogen-bond donors (Lipinski definition) is 2. The molecule has 130 valence electrons. The molecule has 1 aliphatic carbocycles. The quantitative estimate of drug-likeness (QED) is 0.868. The van der Waals surface area contributed by atoms with Gasteiger partial charge in [0.05, 0.1) is 5.69 Å². The van der Waals surface area contributed by atoms with E-state index >= 15 is 0 Å². The van der Waals surface area contributed by atoms with Crippen molar-refractivity contribution < 1.29 is 4.79 Å². The van der Waals surface area contributed by atoms with Gasteiger partial charge in [0.25, 0.3) is 0 Å². The number of hydrogen-bond acceptors (Lipinski definition) is 3. The highest BCUT2D eigenvalue weighted by molar-refractivity contribution is 7.99. The van der Waals surface area contributed by atoms with Crippen molar-refractivity contribution in [3.8, 4) is 0 Å². The second-order valence-electron chi connectivity index (χ2n) is 6.66. The average Bonchev–Trinajstić information content (AvgIpc) is 2.74. The number of aromatic nitrogens is 2. The maximum atomic E-state index is 12.3. The van der Waals surface area contributed by atoms with E-state index in [-0.39, 0.29) is 12.1 Å². The molecule has 0 aromatic carbocycles. The van der Waals surface area contributed by atoms with Gasteiger partial charge in [-0.05, 0) is 51.9 Å². The molecule has 3 unspecified atom stereocenters. The topological polar surface area (TPSA) is 59.0 Å². The van der Waals surface area contributed by atoms with Crippen molar-refractivity contribution in [2.24, 2.45) is 7.05 Å². The van der Waals surface area contributed by atoms with Crippen LogP contribution in [-0.2, 0) is 13.5 Å². The molecule has 2 N–H and O–H groups in total. The van der Waals surface area contributed by atoms with Crippen molar-refractivity contribution in [2.75, 3.05) is 6.26 Å². The van der Waals surface area contributed by atoms with E-state index in [9.17, 15) is 4.79 Å². The predicted molar refractivity (Wildman–Crippen MR) is 97.1 cm³/mol. The number of urea groups is 1. The normalized spacial score (nSPS) is 22.7. The van der Waals surface area contributed by atoms with Crippen LogP contribution in [0.1, 0.15) is 49.6 Å². The number of rotatable bonds is 5. The van der Waals surface area contributed by atoms with Crippen LogP contribution in [0.5, 0.6) is 0 Å². The average molecular weight is 339 g/mol. The highest BCUT2D eigenvalue weighted by Gasteiger charge is 2.26. The first-order valence-electron chi connectivity index (χ1n) is 8.51. The zero-order chi connectivity index (χ0) is 17.0. The number of carbonyl (C=O) groups is 1. The number of aryl methyl sites for hydroxylation is 2. The Morgan fingerprint density at radius 1 is 1.39 bits per heavy atom. The molecule has 23 heavy (non-hydrogen) atoms. The molecule has 1 aromatic heterocycles. The van der Waals surface area contributed by atoms with E-state index in [4.69, 9.17) is 0 Å². The zero-order valence-corrected chi connectivity index (χ0v) is 15.8. The van der Waals surface area contributed by atoms with Gasteiger partial charge >= 0.3 is 6.03 Å². The Morgan fingerprint density at radius 2 is 2.09 bits per heavy atom. The summed E-state index contributed by atoms with van der Waals surface area (Å²) in [6, 6.07) is 0.350. The summed E-state index contributed by atoms with van der Waals surface area (Å²) in [5.74, 6) is 0. The summed E-state index contributed by atoms with van der Waals surface area (Å²) in [4.78, 5) is 12.3. The molecule has 1 aromatic rings. The van der Waals surface area contributed by atoms with Crippen molar-refractivity contribution in [3.63, 3.8) is 0 Å². The first-order valence-corrected chi connectivity index (χ1v) is 9.80. The molecule has 2 rings (SSSR count). The minimum atomic E-state index is -0.0392. The maximum absolute atomic E-state index is 12.3. The van der Waals surface area contributed by atoms with Gasteiger partial charge < -0.3 is 10.6 Å². The molecular weight excluding hydrogens is 308 g/mol. The van der Waals surface area contributed by atoms with Gasteiger partial charge in [-0.25, -0.2) is 4.79 Å². The second-order valence-corrected chi connectivity index (χ2v) is 7.74. The van der Waals surface area contributed by atoms with Gasteiger partial charge in [-0.1, -0.05) is 12.8 Å². The van der Waals surface area contributed by atoms with Gasteiger partial charge in [-0.2, -0.15) is 16.9 Å². The van der Waals surface area contributed by atoms with E-state index in [1.165, 1.54) is 30.5 Å². The van der Waals surface area contributed by atoms with Crippen LogP contribution >= 0.6 is 11.8 Å². The Labute approximate surface area is 144 Å². The fourth-order valence-electron chi connectivity index (χ4n) is 3.45. The molecule has 0 saturated heterocycles.